The average molecular weight is 284 g/mol. The number of ether oxygens (including phenoxy) is 2. The van der Waals surface area contributed by atoms with Gasteiger partial charge in [0, 0.05) is 52.5 Å². The summed E-state index contributed by atoms with van der Waals surface area (Å²) in [5.41, 5.74) is 0. The van der Waals surface area contributed by atoms with Gasteiger partial charge in [-0.15, -0.1) is 0 Å². The van der Waals surface area contributed by atoms with Crippen LogP contribution in [0.1, 0.15) is 38.5 Å². The van der Waals surface area contributed by atoms with Crippen molar-refractivity contribution >= 4 is 0 Å². The zero-order chi connectivity index (χ0) is 14.2. The normalized spacial score (nSPS) is 29.9. The zero-order valence-electron chi connectivity index (χ0n) is 13.3. The lowest BCUT2D eigenvalue weighted by molar-refractivity contribution is 0.127. The minimum absolute atomic E-state index is 0.683. The van der Waals surface area contributed by atoms with E-state index >= 15 is 0 Å². The van der Waals surface area contributed by atoms with Crippen LogP contribution in [0.5, 0.6) is 0 Å². The first-order valence-electron chi connectivity index (χ1n) is 8.29. The van der Waals surface area contributed by atoms with E-state index in [4.69, 9.17) is 9.47 Å². The summed E-state index contributed by atoms with van der Waals surface area (Å²) < 4.78 is 10.4. The van der Waals surface area contributed by atoms with Crippen molar-refractivity contribution in [2.45, 2.75) is 50.6 Å². The number of rotatable bonds is 9. The van der Waals surface area contributed by atoms with Crippen LogP contribution >= 0.6 is 0 Å². The van der Waals surface area contributed by atoms with Crippen molar-refractivity contribution in [3.8, 4) is 0 Å². The average Bonchev–Trinajstić information content (AvgIpc) is 2.87. The third kappa shape index (κ3) is 4.99. The first-order chi connectivity index (χ1) is 9.83. The van der Waals surface area contributed by atoms with Crippen molar-refractivity contribution in [3.63, 3.8) is 0 Å². The van der Waals surface area contributed by atoms with Gasteiger partial charge in [-0.2, -0.15) is 0 Å². The number of nitrogens with one attached hydrogen (secondary N) is 1. The van der Waals surface area contributed by atoms with Crippen LogP contribution in [0.15, 0.2) is 0 Å². The van der Waals surface area contributed by atoms with E-state index in [1.165, 1.54) is 38.6 Å². The lowest BCUT2D eigenvalue weighted by Gasteiger charge is -2.26. The Morgan fingerprint density at radius 2 is 1.85 bits per heavy atom. The topological polar surface area (TPSA) is 33.7 Å². The Bertz CT molecular complexity index is 249. The zero-order valence-corrected chi connectivity index (χ0v) is 13.3. The van der Waals surface area contributed by atoms with Crippen LogP contribution in [0.25, 0.3) is 0 Å². The van der Waals surface area contributed by atoms with Gasteiger partial charge in [-0.3, -0.25) is 4.90 Å². The summed E-state index contributed by atoms with van der Waals surface area (Å²) in [7, 11) is 3.57. The van der Waals surface area contributed by atoms with Gasteiger partial charge in [0.15, 0.2) is 0 Å². The van der Waals surface area contributed by atoms with Crippen LogP contribution in [-0.2, 0) is 9.47 Å². The van der Waals surface area contributed by atoms with E-state index < -0.39 is 0 Å². The smallest absolute Gasteiger partial charge is 0.0589 e. The summed E-state index contributed by atoms with van der Waals surface area (Å²) in [6, 6.07) is 1.49. The Labute approximate surface area is 124 Å². The maximum atomic E-state index is 5.24. The molecule has 0 spiro atoms. The molecule has 0 aromatic heterocycles. The lowest BCUT2D eigenvalue weighted by Crippen LogP contribution is -2.42. The van der Waals surface area contributed by atoms with Gasteiger partial charge in [-0.25, -0.2) is 0 Å². The second-order valence-corrected chi connectivity index (χ2v) is 6.39. The molecule has 0 aromatic rings. The minimum atomic E-state index is 0.683. The van der Waals surface area contributed by atoms with E-state index in [9.17, 15) is 0 Å². The van der Waals surface area contributed by atoms with E-state index in [2.05, 4.69) is 10.2 Å². The number of hydrogen-bond donors (Lipinski definition) is 1. The molecule has 4 nitrogen and oxygen atoms in total. The molecule has 4 heteroatoms. The number of hydrogen-bond acceptors (Lipinski definition) is 4. The van der Waals surface area contributed by atoms with Crippen molar-refractivity contribution in [1.82, 2.24) is 10.2 Å². The van der Waals surface area contributed by atoms with Gasteiger partial charge in [0.2, 0.25) is 0 Å². The first kappa shape index (κ1) is 16.2. The molecule has 0 aromatic carbocycles. The Morgan fingerprint density at radius 1 is 1.05 bits per heavy atom. The molecule has 3 unspecified atom stereocenters. The van der Waals surface area contributed by atoms with Gasteiger partial charge < -0.3 is 14.8 Å². The quantitative estimate of drug-likeness (QED) is 0.656. The Kier molecular flexibility index (Phi) is 7.28. The SMILES string of the molecule is COCCCN(CCOC)CC1CC2CCCCC2N1. The number of fused-ring (bicyclic) bond motifs is 1. The van der Waals surface area contributed by atoms with Gasteiger partial charge in [-0.1, -0.05) is 12.8 Å². The van der Waals surface area contributed by atoms with Crippen molar-refractivity contribution < 1.29 is 9.47 Å². The fraction of sp³-hybridized carbons (Fsp3) is 1.00. The molecule has 1 aliphatic carbocycles. The van der Waals surface area contributed by atoms with Crippen LogP contribution in [-0.4, -0.2) is 64.1 Å². The molecule has 1 saturated carbocycles. The maximum Gasteiger partial charge on any atom is 0.0589 e. The summed E-state index contributed by atoms with van der Waals surface area (Å²) in [4.78, 5) is 2.54. The third-order valence-corrected chi connectivity index (χ3v) is 4.86. The third-order valence-electron chi connectivity index (χ3n) is 4.86. The fourth-order valence-corrected chi connectivity index (χ4v) is 3.83. The standard InChI is InChI=1S/C16H32N2O2/c1-19-10-5-8-18(9-11-20-2)13-15-12-14-6-3-4-7-16(14)17-15/h14-17H,3-13H2,1-2H3. The predicted octanol–water partition coefficient (Wildman–Crippen LogP) is 1.89. The lowest BCUT2D eigenvalue weighted by atomic mass is 9.85. The molecular weight excluding hydrogens is 252 g/mol. The second kappa shape index (κ2) is 8.98. The van der Waals surface area contributed by atoms with Crippen molar-refractivity contribution in [1.29, 1.82) is 0 Å². The Morgan fingerprint density at radius 3 is 2.60 bits per heavy atom. The molecular formula is C16H32N2O2. The fourth-order valence-electron chi connectivity index (χ4n) is 3.83. The Balaban J connectivity index is 1.74. The molecule has 2 fully saturated rings. The van der Waals surface area contributed by atoms with Crippen molar-refractivity contribution in [3.05, 3.63) is 0 Å². The largest absolute Gasteiger partial charge is 0.385 e. The highest BCUT2D eigenvalue weighted by Gasteiger charge is 2.35. The summed E-state index contributed by atoms with van der Waals surface area (Å²) in [5.74, 6) is 0.942. The summed E-state index contributed by atoms with van der Waals surface area (Å²) in [6.45, 7) is 5.00. The maximum absolute atomic E-state index is 5.24. The molecule has 20 heavy (non-hydrogen) atoms. The van der Waals surface area contributed by atoms with Crippen LogP contribution in [0.4, 0.5) is 0 Å². The molecule has 2 aliphatic rings. The first-order valence-corrected chi connectivity index (χ1v) is 8.29. The van der Waals surface area contributed by atoms with E-state index in [1.54, 1.807) is 14.2 Å². The number of methoxy groups -OCH3 is 2. The molecule has 3 atom stereocenters. The molecule has 1 N–H and O–H groups in total. The van der Waals surface area contributed by atoms with Gasteiger partial charge in [-0.05, 0) is 31.6 Å². The highest BCUT2D eigenvalue weighted by Crippen LogP contribution is 2.33. The van der Waals surface area contributed by atoms with Crippen LogP contribution in [0, 0.1) is 5.92 Å². The predicted molar refractivity (Wildman–Crippen MR) is 82.1 cm³/mol. The van der Waals surface area contributed by atoms with Gasteiger partial charge in [0.1, 0.15) is 0 Å². The van der Waals surface area contributed by atoms with Crippen molar-refractivity contribution in [2.24, 2.45) is 5.92 Å². The highest BCUT2D eigenvalue weighted by molar-refractivity contribution is 4.93. The van der Waals surface area contributed by atoms with E-state index in [0.717, 1.165) is 44.7 Å². The van der Waals surface area contributed by atoms with Crippen molar-refractivity contribution in [2.75, 3.05) is 47.1 Å². The molecule has 1 aliphatic heterocycles. The minimum Gasteiger partial charge on any atom is -0.385 e. The van der Waals surface area contributed by atoms with Crippen LogP contribution < -0.4 is 5.32 Å². The monoisotopic (exact) mass is 284 g/mol. The molecule has 1 heterocycles. The van der Waals surface area contributed by atoms with E-state index in [-0.39, 0.29) is 0 Å². The van der Waals surface area contributed by atoms with E-state index in [0.29, 0.717) is 6.04 Å². The molecule has 1 saturated heterocycles. The van der Waals surface area contributed by atoms with Gasteiger partial charge >= 0.3 is 0 Å². The van der Waals surface area contributed by atoms with E-state index in [1.807, 2.05) is 0 Å². The molecule has 118 valence electrons. The van der Waals surface area contributed by atoms with Crippen LogP contribution in [0.2, 0.25) is 0 Å². The summed E-state index contributed by atoms with van der Waals surface area (Å²) >= 11 is 0. The Hall–Kier alpha value is -0.160. The summed E-state index contributed by atoms with van der Waals surface area (Å²) in [5, 5.41) is 3.88. The highest BCUT2D eigenvalue weighted by atomic mass is 16.5. The van der Waals surface area contributed by atoms with Gasteiger partial charge in [0.05, 0.1) is 6.61 Å². The number of nitrogens with zero attached hydrogens (tertiary/aromatic N) is 1. The van der Waals surface area contributed by atoms with Gasteiger partial charge in [0.25, 0.3) is 0 Å². The molecule has 0 bridgehead atoms. The molecule has 0 amide bonds. The second-order valence-electron chi connectivity index (χ2n) is 6.39. The van der Waals surface area contributed by atoms with Crippen LogP contribution in [0.3, 0.4) is 0 Å². The molecule has 2 rings (SSSR count). The molecule has 0 radical (unpaired) electrons. The summed E-state index contributed by atoms with van der Waals surface area (Å²) in [6.07, 6.45) is 8.18.